The van der Waals surface area contributed by atoms with Gasteiger partial charge in [0, 0.05) is 81.1 Å². The molecule has 3 amide bonds. The fraction of sp³-hybridized carbons (Fsp3) is 0.473. The molecule has 2 aliphatic carbocycles. The molecule has 0 saturated carbocycles. The largest absolute Gasteiger partial charge is 0.450 e. The number of hydrogen-bond acceptors (Lipinski definition) is 11. The lowest BCUT2D eigenvalue weighted by Gasteiger charge is -2.29. The minimum Gasteiger partial charge on any atom is -0.450 e. The van der Waals surface area contributed by atoms with Gasteiger partial charge in [-0.1, -0.05) is 46.5 Å². The molecule has 0 spiro atoms. The first kappa shape index (κ1) is 54.1. The van der Waals surface area contributed by atoms with Gasteiger partial charge in [-0.15, -0.1) is 23.5 Å². The predicted octanol–water partition coefficient (Wildman–Crippen LogP) is 12.1. The van der Waals surface area contributed by atoms with Crippen LogP contribution in [-0.2, 0) is 39.9 Å². The second kappa shape index (κ2) is 24.8. The zero-order valence-corrected chi connectivity index (χ0v) is 45.3. The maximum atomic E-state index is 12.3. The number of benzene rings is 2. The molecule has 4 heterocycles. The molecule has 4 aliphatic rings. The number of likely N-dealkylation sites (tertiary alicyclic amines) is 1. The Balaban J connectivity index is 0.000000211. The standard InChI is InChI=1S/C29H36ClN3O4S.C26H32ClN3O2S/c1-5-36-28(35)33-15-11-19(12-16-33)25-22-9-7-21(30)18-20(22)6-8-23-24(10-13-31-26(23)25)38-17-14-32-27(34)37-29(2,3)4;1-26(2,3)32-25(31)30-14-15-33-22-10-13-29-24-21(22)6-4-18-16-19(27)5-7-20(18)23(24)17-8-11-28-12-9-17/h7,9-10,13,18H,5-6,8,11-12,14-17H2,1-4H3,(H,32,34);5,7,10,13,16,28H,4,6,8-9,11-12,14-15H2,1-3H3,(H,30,31). The molecule has 2 fully saturated rings. The molecule has 2 aromatic heterocycles. The molecule has 0 unspecified atom stereocenters. The lowest BCUT2D eigenvalue weighted by Crippen LogP contribution is -2.37. The van der Waals surface area contributed by atoms with Crippen molar-refractivity contribution >= 4 is 76.2 Å². The van der Waals surface area contributed by atoms with Crippen LogP contribution in [0.4, 0.5) is 14.4 Å². The van der Waals surface area contributed by atoms with E-state index < -0.39 is 17.3 Å². The van der Waals surface area contributed by atoms with Gasteiger partial charge in [-0.05, 0) is 183 Å². The molecule has 3 N–H and O–H groups in total. The normalized spacial score (nSPS) is 15.6. The minimum atomic E-state index is -0.520. The summed E-state index contributed by atoms with van der Waals surface area (Å²) in [6, 6.07) is 16.6. The van der Waals surface area contributed by atoms with E-state index in [-0.39, 0.29) is 12.2 Å². The molecular formula is C55H68Cl2N6O6S2. The Kier molecular flexibility index (Phi) is 18.9. The van der Waals surface area contributed by atoms with Gasteiger partial charge in [0.2, 0.25) is 0 Å². The van der Waals surface area contributed by atoms with E-state index in [9.17, 15) is 14.4 Å². The number of rotatable bonds is 9. The lowest BCUT2D eigenvalue weighted by atomic mass is 9.88. The van der Waals surface area contributed by atoms with Gasteiger partial charge in [-0.2, -0.15) is 0 Å². The van der Waals surface area contributed by atoms with E-state index in [1.165, 1.54) is 65.5 Å². The second-order valence-electron chi connectivity index (χ2n) is 19.8. The number of aromatic nitrogens is 2. The number of pyridine rings is 2. The number of fused-ring (bicyclic) bond motifs is 4. The van der Waals surface area contributed by atoms with Crippen LogP contribution in [0, 0.1) is 0 Å². The number of hydrogen-bond donors (Lipinski definition) is 3. The zero-order chi connectivity index (χ0) is 50.7. The average molecular weight is 1040 g/mol. The molecule has 2 saturated heterocycles. The molecule has 8 rings (SSSR count). The number of nitrogens with zero attached hydrogens (tertiary/aromatic N) is 3. The van der Waals surface area contributed by atoms with Crippen molar-refractivity contribution in [2.45, 2.75) is 121 Å². The van der Waals surface area contributed by atoms with Gasteiger partial charge in [0.1, 0.15) is 11.2 Å². The second-order valence-corrected chi connectivity index (χ2v) is 23.0. The van der Waals surface area contributed by atoms with Gasteiger partial charge >= 0.3 is 18.3 Å². The Morgan fingerprint density at radius 3 is 1.54 bits per heavy atom. The number of halogens is 2. The maximum Gasteiger partial charge on any atom is 0.409 e. The molecule has 12 nitrogen and oxygen atoms in total. The molecular weight excluding hydrogens is 976 g/mol. The van der Waals surface area contributed by atoms with Crippen molar-refractivity contribution in [2.75, 3.05) is 57.4 Å². The number of carbonyl (C=O) groups excluding carboxylic acids is 3. The summed E-state index contributed by atoms with van der Waals surface area (Å²) in [5.41, 5.74) is 13.8. The smallest absolute Gasteiger partial charge is 0.409 e. The summed E-state index contributed by atoms with van der Waals surface area (Å²) in [6.45, 7) is 17.7. The molecule has 0 radical (unpaired) electrons. The van der Waals surface area contributed by atoms with Crippen molar-refractivity contribution in [3.8, 4) is 0 Å². The van der Waals surface area contributed by atoms with Crippen molar-refractivity contribution in [1.29, 1.82) is 0 Å². The Bertz CT molecular complexity index is 2630. The molecule has 4 aromatic rings. The van der Waals surface area contributed by atoms with Crippen LogP contribution in [-0.4, -0.2) is 102 Å². The van der Waals surface area contributed by atoms with E-state index in [1.54, 1.807) is 28.4 Å². The van der Waals surface area contributed by atoms with Crippen molar-refractivity contribution < 1.29 is 28.6 Å². The van der Waals surface area contributed by atoms with Crippen molar-refractivity contribution in [2.24, 2.45) is 0 Å². The van der Waals surface area contributed by atoms with Crippen LogP contribution < -0.4 is 16.0 Å². The number of alkyl carbamates (subject to hydrolysis) is 2. The highest BCUT2D eigenvalue weighted by Crippen LogP contribution is 2.43. The van der Waals surface area contributed by atoms with Crippen molar-refractivity contribution in [3.63, 3.8) is 0 Å². The molecule has 0 atom stereocenters. The third-order valence-electron chi connectivity index (χ3n) is 12.3. The molecule has 71 heavy (non-hydrogen) atoms. The van der Waals surface area contributed by atoms with Gasteiger partial charge in [0.05, 0.1) is 18.0 Å². The lowest BCUT2D eigenvalue weighted by molar-refractivity contribution is 0.0519. The van der Waals surface area contributed by atoms with Crippen LogP contribution in [0.15, 0.2) is 81.9 Å². The highest BCUT2D eigenvalue weighted by Gasteiger charge is 2.29. The first-order chi connectivity index (χ1) is 34.0. The number of carbonyl (C=O) groups is 3. The molecule has 0 bridgehead atoms. The van der Waals surface area contributed by atoms with Gasteiger partial charge < -0.3 is 35.1 Å². The van der Waals surface area contributed by atoms with Gasteiger partial charge in [-0.3, -0.25) is 9.97 Å². The average Bonchev–Trinajstić information content (AvgIpc) is 3.59. The fourth-order valence-electron chi connectivity index (χ4n) is 9.31. The summed E-state index contributed by atoms with van der Waals surface area (Å²) >= 11 is 16.2. The van der Waals surface area contributed by atoms with Crippen LogP contribution >= 0.6 is 46.7 Å². The Hall–Kier alpha value is -4.73. The van der Waals surface area contributed by atoms with E-state index in [1.807, 2.05) is 73.0 Å². The van der Waals surface area contributed by atoms with Gasteiger partial charge in [-0.25, -0.2) is 14.4 Å². The highest BCUT2D eigenvalue weighted by molar-refractivity contribution is 7.99. The number of nitrogens with one attached hydrogen (secondary N) is 3. The minimum absolute atomic E-state index is 0.248. The SMILES string of the molecule is CC(C)(C)OC(=O)NCCSc1ccnc2c1CCc1cc(Cl)ccc1C2=C1CCNCC1.CCOC(=O)N1CCC(=C2c3ccc(Cl)cc3CCc3c(SCCNC(=O)OC(C)(C)C)ccnc32)CC1. The topological polar surface area (TPSA) is 144 Å². The van der Waals surface area contributed by atoms with E-state index >= 15 is 0 Å². The van der Waals surface area contributed by atoms with Gasteiger partial charge in [0.15, 0.2) is 0 Å². The van der Waals surface area contributed by atoms with Crippen LogP contribution in [0.1, 0.15) is 119 Å². The summed E-state index contributed by atoms with van der Waals surface area (Å²) in [5.74, 6) is 1.49. The molecule has 2 aromatic carbocycles. The zero-order valence-electron chi connectivity index (χ0n) is 42.2. The molecule has 2 aliphatic heterocycles. The number of ether oxygens (including phenoxy) is 3. The van der Waals surface area contributed by atoms with Crippen molar-refractivity contribution in [1.82, 2.24) is 30.8 Å². The van der Waals surface area contributed by atoms with Crippen LogP contribution in [0.2, 0.25) is 10.0 Å². The van der Waals surface area contributed by atoms with E-state index in [4.69, 9.17) is 47.4 Å². The first-order valence-electron chi connectivity index (χ1n) is 24.8. The Morgan fingerprint density at radius 2 is 1.10 bits per heavy atom. The van der Waals surface area contributed by atoms with E-state index in [2.05, 4.69) is 52.3 Å². The molecule has 16 heteroatoms. The summed E-state index contributed by atoms with van der Waals surface area (Å²) < 4.78 is 15.9. The fourth-order valence-corrected chi connectivity index (χ4v) is 11.6. The Labute approximate surface area is 438 Å². The summed E-state index contributed by atoms with van der Waals surface area (Å²) in [5, 5.41) is 10.7. The Morgan fingerprint density at radius 1 is 0.648 bits per heavy atom. The van der Waals surface area contributed by atoms with E-state index in [0.717, 1.165) is 97.4 Å². The number of thioether (sulfide) groups is 2. The van der Waals surface area contributed by atoms with Crippen LogP contribution in [0.3, 0.4) is 0 Å². The van der Waals surface area contributed by atoms with Crippen LogP contribution in [0.25, 0.3) is 11.1 Å². The quantitative estimate of drug-likeness (QED) is 0.0837. The maximum absolute atomic E-state index is 12.3. The van der Waals surface area contributed by atoms with Gasteiger partial charge in [0.25, 0.3) is 0 Å². The number of aryl methyl sites for hydroxylation is 2. The third kappa shape index (κ3) is 14.9. The monoisotopic (exact) mass is 1040 g/mol. The first-order valence-corrected chi connectivity index (χ1v) is 27.5. The van der Waals surface area contributed by atoms with E-state index in [0.29, 0.717) is 32.8 Å². The molecule has 380 valence electrons. The predicted molar refractivity (Wildman–Crippen MR) is 288 cm³/mol. The highest BCUT2D eigenvalue weighted by atomic mass is 35.5. The summed E-state index contributed by atoms with van der Waals surface area (Å²) in [7, 11) is 0. The number of piperidine rings is 2. The summed E-state index contributed by atoms with van der Waals surface area (Å²) in [6.07, 6.45) is 9.97. The third-order valence-corrected chi connectivity index (χ3v) is 15.0. The van der Waals surface area contributed by atoms with Crippen molar-refractivity contribution in [3.05, 3.63) is 127 Å². The van der Waals surface area contributed by atoms with Crippen LogP contribution in [0.5, 0.6) is 0 Å². The number of amides is 3. The summed E-state index contributed by atoms with van der Waals surface area (Å²) in [4.78, 5) is 50.2.